The second kappa shape index (κ2) is 5.19. The van der Waals surface area contributed by atoms with E-state index in [1.807, 2.05) is 18.2 Å². The quantitative estimate of drug-likeness (QED) is 0.849. The van der Waals surface area contributed by atoms with Gasteiger partial charge in [-0.05, 0) is 45.4 Å². The lowest BCUT2D eigenvalue weighted by molar-refractivity contribution is 0.101. The summed E-state index contributed by atoms with van der Waals surface area (Å²) < 4.78 is 0. The van der Waals surface area contributed by atoms with E-state index < -0.39 is 0 Å². The van der Waals surface area contributed by atoms with Crippen LogP contribution >= 0.6 is 12.4 Å². The first kappa shape index (κ1) is 14.8. The number of benzene rings is 1. The number of Topliss-reactive ketones (excluding diaryl/α,β-unsaturated/α-hetero) is 1. The first-order valence-corrected chi connectivity index (χ1v) is 6.22. The minimum absolute atomic E-state index is 0. The summed E-state index contributed by atoms with van der Waals surface area (Å²) in [4.78, 5) is 13.7. The summed E-state index contributed by atoms with van der Waals surface area (Å²) in [5.74, 6) is 0.114. The monoisotopic (exact) mass is 268 g/mol. The Morgan fingerprint density at radius 1 is 1.39 bits per heavy atom. The van der Waals surface area contributed by atoms with Crippen molar-refractivity contribution in [3.63, 3.8) is 0 Å². The van der Waals surface area contributed by atoms with Crippen LogP contribution in [-0.4, -0.2) is 18.0 Å². The van der Waals surface area contributed by atoms with Gasteiger partial charge in [0, 0.05) is 12.1 Å². The molecule has 2 rings (SSSR count). The van der Waals surface area contributed by atoms with E-state index in [9.17, 15) is 4.79 Å². The Hall–Kier alpha value is -1.22. The van der Waals surface area contributed by atoms with E-state index in [0.29, 0.717) is 0 Å². The summed E-state index contributed by atoms with van der Waals surface area (Å²) in [6, 6.07) is 5.91. The van der Waals surface area contributed by atoms with Crippen molar-refractivity contribution in [1.82, 2.24) is 0 Å². The molecule has 4 heteroatoms. The lowest BCUT2D eigenvalue weighted by Gasteiger charge is -2.35. The molecule has 0 fully saturated rings. The summed E-state index contributed by atoms with van der Waals surface area (Å²) in [7, 11) is 0. The smallest absolute Gasteiger partial charge is 0.159 e. The summed E-state index contributed by atoms with van der Waals surface area (Å²) in [5.41, 5.74) is 3.00. The second-order valence-corrected chi connectivity index (χ2v) is 4.78. The van der Waals surface area contributed by atoms with Crippen molar-refractivity contribution < 1.29 is 4.79 Å². The van der Waals surface area contributed by atoms with Crippen LogP contribution < -0.4 is 10.2 Å². The highest BCUT2D eigenvalue weighted by Crippen LogP contribution is 2.41. The molecule has 1 unspecified atom stereocenters. The molecule has 1 N–H and O–H groups in total. The third kappa shape index (κ3) is 2.19. The molecule has 100 valence electrons. The van der Waals surface area contributed by atoms with Crippen molar-refractivity contribution in [1.29, 1.82) is 0 Å². The van der Waals surface area contributed by atoms with E-state index in [1.165, 1.54) is 5.69 Å². The van der Waals surface area contributed by atoms with Gasteiger partial charge in [0.2, 0.25) is 0 Å². The van der Waals surface area contributed by atoms with Crippen LogP contribution in [0.25, 0.3) is 0 Å². The van der Waals surface area contributed by atoms with E-state index in [-0.39, 0.29) is 23.9 Å². The summed E-state index contributed by atoms with van der Waals surface area (Å²) in [5, 5.41) is 3.53. The largest absolute Gasteiger partial charge is 0.361 e. The molecular weight excluding hydrogens is 248 g/mol. The van der Waals surface area contributed by atoms with Gasteiger partial charge in [-0.2, -0.15) is 0 Å². The van der Waals surface area contributed by atoms with Crippen LogP contribution in [0.5, 0.6) is 0 Å². The molecule has 0 saturated heterocycles. The van der Waals surface area contributed by atoms with Crippen molar-refractivity contribution in [2.45, 2.75) is 39.8 Å². The third-order valence-corrected chi connectivity index (χ3v) is 3.70. The Kier molecular flexibility index (Phi) is 4.28. The number of halogens is 1. The predicted molar refractivity (Wildman–Crippen MR) is 79.0 cm³/mol. The molecule has 1 heterocycles. The second-order valence-electron chi connectivity index (χ2n) is 4.78. The standard InChI is InChI=1S/C14H20N2O.ClH/c1-5-14(4)15-12-9-11(10(3)17)7-8-13(12)16(14)6-2;/h7-9,15H,5-6H2,1-4H3;1H. The Balaban J connectivity index is 0.00000162. The number of fused-ring (bicyclic) bond motifs is 1. The van der Waals surface area contributed by atoms with Crippen LogP contribution in [0.4, 0.5) is 11.4 Å². The van der Waals surface area contributed by atoms with Gasteiger partial charge in [0.15, 0.2) is 5.78 Å². The SMILES string of the molecule is CCN1c2ccc(C(C)=O)cc2NC1(C)CC.Cl. The lowest BCUT2D eigenvalue weighted by Crippen LogP contribution is -2.47. The van der Waals surface area contributed by atoms with Crippen molar-refractivity contribution in [3.05, 3.63) is 23.8 Å². The summed E-state index contributed by atoms with van der Waals surface area (Å²) in [6.45, 7) is 9.10. The predicted octanol–water partition coefficient (Wildman–Crippen LogP) is 3.69. The average molecular weight is 269 g/mol. The molecule has 1 aliphatic heterocycles. The van der Waals surface area contributed by atoms with Crippen LogP contribution in [0.1, 0.15) is 44.5 Å². The van der Waals surface area contributed by atoms with Crippen molar-refractivity contribution in [3.8, 4) is 0 Å². The van der Waals surface area contributed by atoms with Gasteiger partial charge in [-0.15, -0.1) is 12.4 Å². The molecule has 0 saturated carbocycles. The third-order valence-electron chi connectivity index (χ3n) is 3.70. The van der Waals surface area contributed by atoms with Crippen molar-refractivity contribution in [2.75, 3.05) is 16.8 Å². The van der Waals surface area contributed by atoms with Crippen LogP contribution in [0.3, 0.4) is 0 Å². The number of hydrogen-bond acceptors (Lipinski definition) is 3. The molecule has 1 atom stereocenters. The van der Waals surface area contributed by atoms with E-state index in [2.05, 4.69) is 31.0 Å². The zero-order valence-electron chi connectivity index (χ0n) is 11.4. The maximum Gasteiger partial charge on any atom is 0.159 e. The Morgan fingerprint density at radius 2 is 2.06 bits per heavy atom. The number of nitrogens with one attached hydrogen (secondary N) is 1. The lowest BCUT2D eigenvalue weighted by atomic mass is 10.1. The van der Waals surface area contributed by atoms with Crippen LogP contribution in [-0.2, 0) is 0 Å². The number of rotatable bonds is 3. The van der Waals surface area contributed by atoms with Gasteiger partial charge >= 0.3 is 0 Å². The van der Waals surface area contributed by atoms with Gasteiger partial charge in [0.25, 0.3) is 0 Å². The molecule has 1 aliphatic rings. The molecular formula is C14H21ClN2O. The van der Waals surface area contributed by atoms with Crippen LogP contribution in [0, 0.1) is 0 Å². The Morgan fingerprint density at radius 3 is 2.56 bits per heavy atom. The zero-order valence-corrected chi connectivity index (χ0v) is 12.2. The van der Waals surface area contributed by atoms with Crippen LogP contribution in [0.2, 0.25) is 0 Å². The molecule has 1 aromatic carbocycles. The minimum atomic E-state index is -0.0352. The first-order chi connectivity index (χ1) is 8.01. The average Bonchev–Trinajstić information content (AvgIpc) is 2.60. The highest BCUT2D eigenvalue weighted by atomic mass is 35.5. The Bertz CT molecular complexity index is 461. The molecule has 0 aliphatic carbocycles. The molecule has 3 nitrogen and oxygen atoms in total. The van der Waals surface area contributed by atoms with Gasteiger partial charge in [-0.1, -0.05) is 6.92 Å². The van der Waals surface area contributed by atoms with Gasteiger partial charge in [0.1, 0.15) is 5.66 Å². The first-order valence-electron chi connectivity index (χ1n) is 6.22. The normalized spacial score (nSPS) is 21.0. The van der Waals surface area contributed by atoms with Crippen molar-refractivity contribution >= 4 is 29.6 Å². The fourth-order valence-electron chi connectivity index (χ4n) is 2.51. The molecule has 0 aromatic heterocycles. The maximum atomic E-state index is 11.4. The van der Waals surface area contributed by atoms with Gasteiger partial charge in [-0.3, -0.25) is 4.79 Å². The minimum Gasteiger partial charge on any atom is -0.361 e. The topological polar surface area (TPSA) is 32.3 Å². The van der Waals surface area contributed by atoms with Crippen molar-refractivity contribution in [2.24, 2.45) is 0 Å². The number of hydrogen-bond donors (Lipinski definition) is 1. The highest BCUT2D eigenvalue weighted by Gasteiger charge is 2.36. The van der Waals surface area contributed by atoms with Gasteiger partial charge < -0.3 is 10.2 Å². The van der Waals surface area contributed by atoms with E-state index in [1.54, 1.807) is 6.92 Å². The summed E-state index contributed by atoms with van der Waals surface area (Å²) >= 11 is 0. The number of anilines is 2. The fourth-order valence-corrected chi connectivity index (χ4v) is 2.51. The van der Waals surface area contributed by atoms with Gasteiger partial charge in [-0.25, -0.2) is 0 Å². The van der Waals surface area contributed by atoms with Gasteiger partial charge in [0.05, 0.1) is 11.4 Å². The Labute approximate surface area is 115 Å². The zero-order chi connectivity index (χ0) is 12.6. The van der Waals surface area contributed by atoms with Crippen LogP contribution in [0.15, 0.2) is 18.2 Å². The van der Waals surface area contributed by atoms with E-state index >= 15 is 0 Å². The maximum absolute atomic E-state index is 11.4. The number of ketones is 1. The number of nitrogens with zero attached hydrogens (tertiary/aromatic N) is 1. The molecule has 0 radical (unpaired) electrons. The molecule has 1 aromatic rings. The molecule has 0 spiro atoms. The number of carbonyl (C=O) groups is 1. The summed E-state index contributed by atoms with van der Waals surface area (Å²) in [6.07, 6.45) is 1.02. The molecule has 0 bridgehead atoms. The molecule has 0 amide bonds. The number of carbonyl (C=O) groups excluding carboxylic acids is 1. The van der Waals surface area contributed by atoms with E-state index in [4.69, 9.17) is 0 Å². The van der Waals surface area contributed by atoms with E-state index in [0.717, 1.165) is 24.2 Å². The highest BCUT2D eigenvalue weighted by molar-refractivity contribution is 5.97. The fraction of sp³-hybridized carbons (Fsp3) is 0.500. The molecule has 18 heavy (non-hydrogen) atoms.